The van der Waals surface area contributed by atoms with E-state index in [-0.39, 0.29) is 5.91 Å². The summed E-state index contributed by atoms with van der Waals surface area (Å²) in [6.07, 6.45) is -1.24. The predicted octanol–water partition coefficient (Wildman–Crippen LogP) is 1.67. The maximum absolute atomic E-state index is 12.7. The van der Waals surface area contributed by atoms with E-state index in [0.717, 1.165) is 6.20 Å². The standard InChI is InChI=1S/C13H14F3N3O2S/c14-13(15,16)10-18-6-8(22-10)12(3-4-12)11(21)19-5-1-2-7(19)9(17)20/h6-7H,1-5H2,(H2,17,20). The number of alkyl halides is 3. The first kappa shape index (κ1) is 15.3. The van der Waals surface area contributed by atoms with Gasteiger partial charge in [-0.2, -0.15) is 13.2 Å². The minimum absolute atomic E-state index is 0.300. The van der Waals surface area contributed by atoms with Crippen LogP contribution >= 0.6 is 11.3 Å². The summed E-state index contributed by atoms with van der Waals surface area (Å²) in [5.41, 5.74) is 4.35. The van der Waals surface area contributed by atoms with E-state index in [2.05, 4.69) is 4.98 Å². The highest BCUT2D eigenvalue weighted by molar-refractivity contribution is 7.12. The molecule has 0 bridgehead atoms. The monoisotopic (exact) mass is 333 g/mol. The van der Waals surface area contributed by atoms with Gasteiger partial charge in [-0.05, 0) is 25.7 Å². The summed E-state index contributed by atoms with van der Waals surface area (Å²) in [5, 5.41) is -0.950. The van der Waals surface area contributed by atoms with Gasteiger partial charge in [0, 0.05) is 17.6 Å². The summed E-state index contributed by atoms with van der Waals surface area (Å²) >= 11 is 0.506. The van der Waals surface area contributed by atoms with E-state index in [1.54, 1.807) is 0 Å². The highest BCUT2D eigenvalue weighted by Gasteiger charge is 2.56. The first-order valence-electron chi connectivity index (χ1n) is 6.89. The van der Waals surface area contributed by atoms with Crippen molar-refractivity contribution in [2.45, 2.75) is 43.3 Å². The fourth-order valence-electron chi connectivity index (χ4n) is 2.90. The smallest absolute Gasteiger partial charge is 0.368 e. The summed E-state index contributed by atoms with van der Waals surface area (Å²) in [7, 11) is 0. The molecule has 0 aromatic carbocycles. The second kappa shape index (κ2) is 4.94. The number of primary amides is 1. The molecule has 5 nitrogen and oxygen atoms in total. The third-order valence-corrected chi connectivity index (χ3v) is 5.47. The molecule has 1 aromatic heterocycles. The van der Waals surface area contributed by atoms with Crippen LogP contribution in [0.3, 0.4) is 0 Å². The van der Waals surface area contributed by atoms with Crippen LogP contribution in [0.5, 0.6) is 0 Å². The second-order valence-electron chi connectivity index (χ2n) is 5.67. The highest BCUT2D eigenvalue weighted by atomic mass is 32.1. The van der Waals surface area contributed by atoms with Gasteiger partial charge in [0.25, 0.3) is 0 Å². The van der Waals surface area contributed by atoms with Crippen LogP contribution < -0.4 is 5.73 Å². The van der Waals surface area contributed by atoms with Gasteiger partial charge in [-0.1, -0.05) is 0 Å². The fourth-order valence-corrected chi connectivity index (χ4v) is 3.92. The number of rotatable bonds is 3. The van der Waals surface area contributed by atoms with E-state index in [1.807, 2.05) is 0 Å². The molecule has 0 spiro atoms. The van der Waals surface area contributed by atoms with Crippen LogP contribution in [0.25, 0.3) is 0 Å². The molecule has 2 fully saturated rings. The van der Waals surface area contributed by atoms with Gasteiger partial charge >= 0.3 is 6.18 Å². The van der Waals surface area contributed by atoms with Crippen molar-refractivity contribution in [2.75, 3.05) is 6.54 Å². The van der Waals surface area contributed by atoms with Gasteiger partial charge in [-0.15, -0.1) is 11.3 Å². The van der Waals surface area contributed by atoms with Crippen molar-refractivity contribution in [3.8, 4) is 0 Å². The molecule has 0 radical (unpaired) electrons. The largest absolute Gasteiger partial charge is 0.443 e. The molecule has 2 N–H and O–H groups in total. The van der Waals surface area contributed by atoms with Crippen molar-refractivity contribution >= 4 is 23.2 Å². The molecule has 9 heteroatoms. The number of aromatic nitrogens is 1. The third-order valence-electron chi connectivity index (χ3n) is 4.22. The molecule has 22 heavy (non-hydrogen) atoms. The van der Waals surface area contributed by atoms with Gasteiger partial charge in [0.05, 0.1) is 5.41 Å². The van der Waals surface area contributed by atoms with Crippen LogP contribution in [0.4, 0.5) is 13.2 Å². The SMILES string of the molecule is NC(=O)C1CCCN1C(=O)C1(c2cnc(C(F)(F)F)s2)CC1. The Morgan fingerprint density at radius 2 is 2.09 bits per heavy atom. The van der Waals surface area contributed by atoms with Gasteiger partial charge < -0.3 is 10.6 Å². The average molecular weight is 333 g/mol. The molecule has 3 rings (SSSR count). The second-order valence-corrected chi connectivity index (χ2v) is 6.70. The zero-order valence-electron chi connectivity index (χ0n) is 11.5. The topological polar surface area (TPSA) is 76.3 Å². The van der Waals surface area contributed by atoms with Crippen LogP contribution in [0, 0.1) is 0 Å². The number of carbonyl (C=O) groups is 2. The summed E-state index contributed by atoms with van der Waals surface area (Å²) < 4.78 is 38.0. The summed E-state index contributed by atoms with van der Waals surface area (Å²) in [4.78, 5) is 29.3. The van der Waals surface area contributed by atoms with E-state index in [1.165, 1.54) is 4.90 Å². The molecule has 2 amide bonds. The van der Waals surface area contributed by atoms with E-state index >= 15 is 0 Å². The molecule has 1 aliphatic heterocycles. The zero-order chi connectivity index (χ0) is 16.1. The number of nitrogens with zero attached hydrogens (tertiary/aromatic N) is 2. The van der Waals surface area contributed by atoms with E-state index in [9.17, 15) is 22.8 Å². The molecule has 1 aromatic rings. The number of hydrogen-bond donors (Lipinski definition) is 1. The number of carbonyl (C=O) groups excluding carboxylic acids is 2. The normalized spacial score (nSPS) is 23.6. The Morgan fingerprint density at radius 3 is 2.59 bits per heavy atom. The summed E-state index contributed by atoms with van der Waals surface area (Å²) in [6, 6.07) is -0.653. The lowest BCUT2D eigenvalue weighted by Crippen LogP contribution is -2.47. The van der Waals surface area contributed by atoms with Crippen molar-refractivity contribution in [2.24, 2.45) is 5.73 Å². The Labute approximate surface area is 128 Å². The number of nitrogens with two attached hydrogens (primary N) is 1. The number of thiazole rings is 1. The van der Waals surface area contributed by atoms with Crippen molar-refractivity contribution in [3.05, 3.63) is 16.1 Å². The van der Waals surface area contributed by atoms with E-state index < -0.39 is 28.5 Å². The maximum Gasteiger partial charge on any atom is 0.443 e. The quantitative estimate of drug-likeness (QED) is 0.914. The Kier molecular flexibility index (Phi) is 3.42. The zero-order valence-corrected chi connectivity index (χ0v) is 12.3. The van der Waals surface area contributed by atoms with Gasteiger partial charge in [0.15, 0.2) is 5.01 Å². The Hall–Kier alpha value is -1.64. The molecular formula is C13H14F3N3O2S. The van der Waals surface area contributed by atoms with Crippen LogP contribution in [0.1, 0.15) is 35.6 Å². The van der Waals surface area contributed by atoms with Gasteiger partial charge in [0.1, 0.15) is 6.04 Å². The van der Waals surface area contributed by atoms with Crippen molar-refractivity contribution in [1.29, 1.82) is 0 Å². The molecule has 1 atom stereocenters. The maximum atomic E-state index is 12.7. The number of halogens is 3. The van der Waals surface area contributed by atoms with Crippen LogP contribution in [0.15, 0.2) is 6.20 Å². The minimum Gasteiger partial charge on any atom is -0.368 e. The van der Waals surface area contributed by atoms with Crippen LogP contribution in [0.2, 0.25) is 0 Å². The van der Waals surface area contributed by atoms with E-state index in [0.29, 0.717) is 48.4 Å². The molecule has 2 heterocycles. The van der Waals surface area contributed by atoms with Crippen molar-refractivity contribution < 1.29 is 22.8 Å². The average Bonchev–Trinajstić information content (AvgIpc) is 2.92. The van der Waals surface area contributed by atoms with Gasteiger partial charge in [-0.25, -0.2) is 4.98 Å². The summed E-state index contributed by atoms with van der Waals surface area (Å²) in [6.45, 7) is 0.416. The first-order chi connectivity index (χ1) is 10.3. The van der Waals surface area contributed by atoms with Crippen molar-refractivity contribution in [1.82, 2.24) is 9.88 Å². The fraction of sp³-hybridized carbons (Fsp3) is 0.615. The predicted molar refractivity (Wildman–Crippen MR) is 72.0 cm³/mol. The summed E-state index contributed by atoms with van der Waals surface area (Å²) in [5.74, 6) is -0.867. The number of likely N-dealkylation sites (tertiary alicyclic amines) is 1. The highest BCUT2D eigenvalue weighted by Crippen LogP contribution is 2.53. The van der Waals surface area contributed by atoms with E-state index in [4.69, 9.17) is 5.73 Å². The minimum atomic E-state index is -4.51. The number of hydrogen-bond acceptors (Lipinski definition) is 4. The molecule has 1 aliphatic carbocycles. The molecule has 1 unspecified atom stereocenters. The molecule has 120 valence electrons. The molecule has 1 saturated heterocycles. The van der Waals surface area contributed by atoms with Crippen molar-refractivity contribution in [3.63, 3.8) is 0 Å². The number of amides is 2. The first-order valence-corrected chi connectivity index (χ1v) is 7.71. The Balaban J connectivity index is 1.86. The van der Waals surface area contributed by atoms with Gasteiger partial charge in [0.2, 0.25) is 11.8 Å². The molecular weight excluding hydrogens is 319 g/mol. The molecule has 1 saturated carbocycles. The lowest BCUT2D eigenvalue weighted by atomic mass is 10.0. The lowest BCUT2D eigenvalue weighted by molar-refractivity contribution is -0.139. The lowest BCUT2D eigenvalue weighted by Gasteiger charge is -2.26. The third kappa shape index (κ3) is 2.37. The van der Waals surface area contributed by atoms with Gasteiger partial charge in [-0.3, -0.25) is 9.59 Å². The Bertz CT molecular complexity index is 624. The van der Waals surface area contributed by atoms with Crippen LogP contribution in [-0.2, 0) is 21.2 Å². The Morgan fingerprint density at radius 1 is 1.41 bits per heavy atom. The molecule has 2 aliphatic rings. The van der Waals surface area contributed by atoms with Crippen LogP contribution in [-0.4, -0.2) is 34.3 Å².